The molecule has 0 aliphatic rings. The summed E-state index contributed by atoms with van der Waals surface area (Å²) in [5.74, 6) is 0. The molecule has 122 valence electrons. The van der Waals surface area contributed by atoms with E-state index in [1.165, 1.54) is 0 Å². The molecule has 0 aromatic carbocycles. The van der Waals surface area contributed by atoms with Gasteiger partial charge < -0.3 is 20.4 Å². The normalized spacial score (nSPS) is 18.5. The third-order valence-corrected chi connectivity index (χ3v) is 2.87. The van der Waals surface area contributed by atoms with Gasteiger partial charge in [0.2, 0.25) is 0 Å². The van der Waals surface area contributed by atoms with Gasteiger partial charge in [-0.1, -0.05) is 5.04 Å². The minimum atomic E-state index is -4.98. The fourth-order valence-electron chi connectivity index (χ4n) is 1.07. The molecule has 4 atom stereocenters. The van der Waals surface area contributed by atoms with Crippen LogP contribution in [0.4, 0.5) is 0 Å². The average Bonchev–Trinajstić information content (AvgIpc) is 2.38. The summed E-state index contributed by atoms with van der Waals surface area (Å²) in [4.78, 5) is 0. The molecule has 0 saturated heterocycles. The Morgan fingerprint density at radius 2 is 1.55 bits per heavy atom. The summed E-state index contributed by atoms with van der Waals surface area (Å²) < 4.78 is 41.6. The molecule has 0 bridgehead atoms. The molecule has 20 heavy (non-hydrogen) atoms. The van der Waals surface area contributed by atoms with Crippen molar-refractivity contribution in [2.24, 2.45) is 0 Å². The van der Waals surface area contributed by atoms with Crippen LogP contribution in [0.3, 0.4) is 0 Å². The van der Waals surface area contributed by atoms with Crippen molar-refractivity contribution < 1.29 is 56.4 Å². The van der Waals surface area contributed by atoms with E-state index in [1.54, 1.807) is 0 Å². The first-order valence-electron chi connectivity index (χ1n) is 4.80. The lowest BCUT2D eigenvalue weighted by Gasteiger charge is -2.27. The Morgan fingerprint density at radius 1 is 1.05 bits per heavy atom. The van der Waals surface area contributed by atoms with E-state index in [4.69, 9.17) is 20.0 Å². The Labute approximate surface area is 117 Å². The smallest absolute Gasteiger partial charge is 0.394 e. The molecule has 6 N–H and O–H groups in total. The van der Waals surface area contributed by atoms with Crippen molar-refractivity contribution in [1.82, 2.24) is 0 Å². The predicted octanol–water partition coefficient (Wildman–Crippen LogP) is -2.75. The van der Waals surface area contributed by atoms with Gasteiger partial charge in [0.1, 0.15) is 24.4 Å². The Morgan fingerprint density at radius 3 is 1.95 bits per heavy atom. The molecule has 0 aliphatic heterocycles. The maximum Gasteiger partial charge on any atom is 0.397 e. The molecule has 12 nitrogen and oxygen atoms in total. The highest BCUT2D eigenvalue weighted by atomic mass is 32.3. The van der Waals surface area contributed by atoms with Crippen molar-refractivity contribution in [2.45, 2.75) is 24.4 Å². The lowest BCUT2D eigenvalue weighted by molar-refractivity contribution is -0.434. The van der Waals surface area contributed by atoms with E-state index in [0.29, 0.717) is 0 Å². The van der Waals surface area contributed by atoms with E-state index in [0.717, 1.165) is 0 Å². The Kier molecular flexibility index (Phi) is 9.72. The second-order valence-corrected chi connectivity index (χ2v) is 4.77. The van der Waals surface area contributed by atoms with Crippen molar-refractivity contribution >= 4 is 22.7 Å². The number of aliphatic hydroxyl groups excluding tert-OH is 4. The zero-order chi connectivity index (χ0) is 15.8. The minimum Gasteiger partial charge on any atom is -0.394 e. The van der Waals surface area contributed by atoms with Crippen LogP contribution in [-0.4, -0.2) is 76.3 Å². The van der Waals surface area contributed by atoms with Crippen LogP contribution in [-0.2, 0) is 28.1 Å². The van der Waals surface area contributed by atoms with E-state index in [9.17, 15) is 18.6 Å². The third kappa shape index (κ3) is 7.62. The van der Waals surface area contributed by atoms with Crippen LogP contribution in [0, 0.1) is 0 Å². The molecule has 0 amide bonds. The van der Waals surface area contributed by atoms with E-state index in [2.05, 4.69) is 17.7 Å². The van der Waals surface area contributed by atoms with Gasteiger partial charge >= 0.3 is 10.4 Å². The van der Waals surface area contributed by atoms with Crippen LogP contribution in [0.5, 0.6) is 0 Å². The number of hydrogen-bond donors (Lipinski definition) is 6. The monoisotopic (exact) mass is 342 g/mol. The average molecular weight is 342 g/mol. The lowest BCUT2D eigenvalue weighted by Crippen LogP contribution is -2.49. The summed E-state index contributed by atoms with van der Waals surface area (Å²) in [7, 11) is -4.98. The van der Waals surface area contributed by atoms with Gasteiger partial charge in [0, 0.05) is 0 Å². The molecule has 0 radical (unpaired) electrons. The summed E-state index contributed by atoms with van der Waals surface area (Å²) in [5.41, 5.74) is 0. The van der Waals surface area contributed by atoms with Crippen LogP contribution >= 0.6 is 12.3 Å². The first-order valence-corrected chi connectivity index (χ1v) is 6.83. The van der Waals surface area contributed by atoms with Gasteiger partial charge in [-0.05, 0) is 0 Å². The Balaban J connectivity index is 4.63. The highest BCUT2D eigenvalue weighted by Crippen LogP contribution is 2.17. The minimum absolute atomic E-state index is 0.0102. The van der Waals surface area contributed by atoms with Crippen molar-refractivity contribution in [1.29, 1.82) is 0 Å². The van der Waals surface area contributed by atoms with Crippen LogP contribution < -0.4 is 0 Å². The molecule has 0 aromatic rings. The second-order valence-electron chi connectivity index (χ2n) is 3.25. The molecule has 0 rings (SSSR count). The molecule has 4 unspecified atom stereocenters. The maximum atomic E-state index is 10.5. The standard InChI is InChI=1S/C6H14O12S2/c7-1-3(15-19-18-17-11)5(9)6(10)4(2-8)16-20(12,13)14/h3-11H,1-2H2,(H,12,13,14). The van der Waals surface area contributed by atoms with E-state index in [-0.39, 0.29) is 12.3 Å². The van der Waals surface area contributed by atoms with E-state index in [1.807, 2.05) is 0 Å². The first kappa shape index (κ1) is 19.9. The van der Waals surface area contributed by atoms with E-state index < -0.39 is 48.0 Å². The number of hydrogen-bond acceptors (Lipinski definition) is 12. The van der Waals surface area contributed by atoms with Gasteiger partial charge in [-0.2, -0.15) is 8.42 Å². The molecule has 0 heterocycles. The summed E-state index contributed by atoms with van der Waals surface area (Å²) in [6.07, 6.45) is -7.41. The third-order valence-electron chi connectivity index (χ3n) is 1.94. The second kappa shape index (κ2) is 9.77. The zero-order valence-corrected chi connectivity index (χ0v) is 11.3. The highest BCUT2D eigenvalue weighted by Gasteiger charge is 2.36. The van der Waals surface area contributed by atoms with Crippen molar-refractivity contribution in [3.8, 4) is 0 Å². The SMILES string of the molecule is O=S(=O)(O)OC(CO)C(O)C(O)C(CO)OSOOO. The zero-order valence-electron chi connectivity index (χ0n) is 9.67. The van der Waals surface area contributed by atoms with Crippen molar-refractivity contribution in [3.63, 3.8) is 0 Å². The van der Waals surface area contributed by atoms with Crippen LogP contribution in [0.2, 0.25) is 0 Å². The maximum absolute atomic E-state index is 10.5. The van der Waals surface area contributed by atoms with Gasteiger partial charge in [-0.25, -0.2) is 9.44 Å². The topological polar surface area (TPSA) is 192 Å². The van der Waals surface area contributed by atoms with Gasteiger partial charge in [-0.3, -0.25) is 8.74 Å². The highest BCUT2D eigenvalue weighted by molar-refractivity contribution is 7.89. The summed E-state index contributed by atoms with van der Waals surface area (Å²) in [6.45, 7) is -1.93. The van der Waals surface area contributed by atoms with Crippen molar-refractivity contribution in [2.75, 3.05) is 13.2 Å². The van der Waals surface area contributed by atoms with Crippen LogP contribution in [0.15, 0.2) is 0 Å². The molecule has 14 heteroatoms. The van der Waals surface area contributed by atoms with Crippen LogP contribution in [0.1, 0.15) is 0 Å². The quantitative estimate of drug-likeness (QED) is 0.0744. The molecular formula is C6H14O12S2. The number of aliphatic hydroxyl groups is 4. The molecule has 0 aliphatic carbocycles. The Bertz CT molecular complexity index is 346. The van der Waals surface area contributed by atoms with E-state index >= 15 is 0 Å². The molecule has 0 aromatic heterocycles. The first-order chi connectivity index (χ1) is 9.26. The molecule has 0 saturated carbocycles. The molecule has 0 fully saturated rings. The summed E-state index contributed by atoms with van der Waals surface area (Å²) in [6, 6.07) is 0. The van der Waals surface area contributed by atoms with Crippen LogP contribution in [0.25, 0.3) is 0 Å². The lowest BCUT2D eigenvalue weighted by atomic mass is 10.0. The number of rotatable bonds is 11. The van der Waals surface area contributed by atoms with Crippen molar-refractivity contribution in [3.05, 3.63) is 0 Å². The fourth-order valence-corrected chi connectivity index (χ4v) is 1.89. The molecular weight excluding hydrogens is 328 g/mol. The Hall–Kier alpha value is -0.100. The van der Waals surface area contributed by atoms with Gasteiger partial charge in [0.15, 0.2) is 12.3 Å². The summed E-state index contributed by atoms with van der Waals surface area (Å²) >= 11 is -0.0102. The molecule has 0 spiro atoms. The predicted molar refractivity (Wildman–Crippen MR) is 59.9 cm³/mol. The van der Waals surface area contributed by atoms with Gasteiger partial charge in [0.05, 0.1) is 13.2 Å². The summed E-state index contributed by atoms with van der Waals surface area (Å²) in [5, 5.41) is 47.8. The van der Waals surface area contributed by atoms with Gasteiger partial charge in [0.25, 0.3) is 0 Å². The van der Waals surface area contributed by atoms with Gasteiger partial charge in [-0.15, -0.1) is 4.33 Å². The largest absolute Gasteiger partial charge is 0.397 e. The fraction of sp³-hybridized carbons (Fsp3) is 1.00.